The average Bonchev–Trinajstić information content (AvgIpc) is 2.17. The molecule has 0 aliphatic rings. The van der Waals surface area contributed by atoms with Gasteiger partial charge in [-0.2, -0.15) is 0 Å². The van der Waals surface area contributed by atoms with Crippen LogP contribution in [0.2, 0.25) is 0 Å². The summed E-state index contributed by atoms with van der Waals surface area (Å²) < 4.78 is 1.02. The van der Waals surface area contributed by atoms with Gasteiger partial charge in [-0.05, 0) is 39.5 Å². The van der Waals surface area contributed by atoms with Gasteiger partial charge < -0.3 is 5.11 Å². The van der Waals surface area contributed by atoms with Gasteiger partial charge >= 0.3 is 0 Å². The summed E-state index contributed by atoms with van der Waals surface area (Å²) in [6.07, 6.45) is 1.79. The van der Waals surface area contributed by atoms with E-state index in [1.165, 1.54) is 5.56 Å². The second kappa shape index (κ2) is 3.81. The zero-order valence-corrected chi connectivity index (χ0v) is 10.2. The Labute approximate surface area is 97.1 Å². The number of nitrogens with zero attached hydrogens (tertiary/aromatic N) is 1. The molecule has 0 aliphatic carbocycles. The number of hydrogen-bond acceptors (Lipinski definition) is 2. The van der Waals surface area contributed by atoms with Crippen molar-refractivity contribution in [3.8, 4) is 5.75 Å². The van der Waals surface area contributed by atoms with Crippen LogP contribution in [-0.2, 0) is 0 Å². The Kier molecular flexibility index (Phi) is 2.65. The monoisotopic (exact) mass is 265 g/mol. The number of pyridine rings is 1. The van der Waals surface area contributed by atoms with Crippen LogP contribution >= 0.6 is 15.9 Å². The van der Waals surface area contributed by atoms with Crippen LogP contribution in [0.4, 0.5) is 0 Å². The molecule has 3 heteroatoms. The van der Waals surface area contributed by atoms with E-state index in [1.54, 1.807) is 18.3 Å². The number of aromatic hydroxyl groups is 1. The van der Waals surface area contributed by atoms with E-state index in [9.17, 15) is 5.11 Å². The molecule has 0 fully saturated rings. The average molecular weight is 266 g/mol. The Balaban J connectivity index is 2.82. The lowest BCUT2D eigenvalue weighted by Crippen LogP contribution is -1.93. The van der Waals surface area contributed by atoms with Crippen LogP contribution in [0, 0.1) is 0 Å². The number of phenolic OH excluding ortho intramolecular Hbond substituents is 1. The third kappa shape index (κ3) is 1.84. The van der Waals surface area contributed by atoms with Gasteiger partial charge in [0.25, 0.3) is 0 Å². The molecule has 0 saturated heterocycles. The van der Waals surface area contributed by atoms with Crippen LogP contribution in [0.25, 0.3) is 10.9 Å². The summed E-state index contributed by atoms with van der Waals surface area (Å²) >= 11 is 3.51. The first-order valence-corrected chi connectivity index (χ1v) is 5.66. The van der Waals surface area contributed by atoms with Gasteiger partial charge in [-0.25, -0.2) is 0 Å². The van der Waals surface area contributed by atoms with E-state index in [0.29, 0.717) is 5.92 Å². The van der Waals surface area contributed by atoms with E-state index in [2.05, 4.69) is 34.8 Å². The number of hydrogen-bond donors (Lipinski definition) is 1. The number of aromatic nitrogens is 1. The molecule has 0 radical (unpaired) electrons. The molecule has 15 heavy (non-hydrogen) atoms. The highest BCUT2D eigenvalue weighted by Crippen LogP contribution is 2.32. The predicted octanol–water partition coefficient (Wildman–Crippen LogP) is 3.83. The van der Waals surface area contributed by atoms with Crippen LogP contribution in [0.3, 0.4) is 0 Å². The minimum atomic E-state index is 0.257. The summed E-state index contributed by atoms with van der Waals surface area (Å²) in [4.78, 5) is 4.28. The summed E-state index contributed by atoms with van der Waals surface area (Å²) in [7, 11) is 0. The molecule has 0 unspecified atom stereocenters. The first-order chi connectivity index (χ1) is 7.09. The van der Waals surface area contributed by atoms with Crippen molar-refractivity contribution in [3.63, 3.8) is 0 Å². The van der Waals surface area contributed by atoms with E-state index in [1.807, 2.05) is 6.07 Å². The molecule has 0 amide bonds. The molecule has 2 nitrogen and oxygen atoms in total. The maximum atomic E-state index is 9.38. The SMILES string of the molecule is CC(C)c1c(Br)cnc2cc(O)ccc12. The van der Waals surface area contributed by atoms with E-state index in [-0.39, 0.29) is 5.75 Å². The Morgan fingerprint density at radius 1 is 1.33 bits per heavy atom. The van der Waals surface area contributed by atoms with Gasteiger partial charge in [0.2, 0.25) is 0 Å². The molecular weight excluding hydrogens is 254 g/mol. The van der Waals surface area contributed by atoms with Crippen molar-refractivity contribution in [1.82, 2.24) is 4.98 Å². The quantitative estimate of drug-likeness (QED) is 0.851. The molecule has 1 aromatic carbocycles. The molecule has 1 heterocycles. The highest BCUT2D eigenvalue weighted by Gasteiger charge is 2.10. The highest BCUT2D eigenvalue weighted by molar-refractivity contribution is 9.10. The van der Waals surface area contributed by atoms with Crippen molar-refractivity contribution in [1.29, 1.82) is 0 Å². The molecule has 0 saturated carbocycles. The maximum Gasteiger partial charge on any atom is 0.117 e. The topological polar surface area (TPSA) is 33.1 Å². The molecule has 0 bridgehead atoms. The van der Waals surface area contributed by atoms with Crippen molar-refractivity contribution < 1.29 is 5.11 Å². The van der Waals surface area contributed by atoms with E-state index >= 15 is 0 Å². The van der Waals surface area contributed by atoms with E-state index < -0.39 is 0 Å². The number of halogens is 1. The first-order valence-electron chi connectivity index (χ1n) is 4.86. The smallest absolute Gasteiger partial charge is 0.117 e. The molecule has 1 aromatic heterocycles. The lowest BCUT2D eigenvalue weighted by atomic mass is 9.99. The second-order valence-corrected chi connectivity index (χ2v) is 4.73. The van der Waals surface area contributed by atoms with Crippen LogP contribution in [0.1, 0.15) is 25.3 Å². The van der Waals surface area contributed by atoms with Crippen molar-refractivity contribution >= 4 is 26.8 Å². The first kappa shape index (κ1) is 10.4. The minimum absolute atomic E-state index is 0.257. The Hall–Kier alpha value is -1.09. The summed E-state index contributed by atoms with van der Waals surface area (Å²) in [5, 5.41) is 10.5. The van der Waals surface area contributed by atoms with Crippen LogP contribution in [-0.4, -0.2) is 10.1 Å². The fourth-order valence-corrected chi connectivity index (χ4v) is 2.54. The van der Waals surface area contributed by atoms with E-state index in [4.69, 9.17) is 0 Å². The van der Waals surface area contributed by atoms with Gasteiger partial charge in [0, 0.05) is 22.1 Å². The number of phenols is 1. The summed E-state index contributed by atoms with van der Waals surface area (Å²) in [6, 6.07) is 5.30. The number of rotatable bonds is 1. The molecule has 2 aromatic rings. The molecule has 0 atom stereocenters. The summed E-state index contributed by atoms with van der Waals surface area (Å²) in [5.74, 6) is 0.682. The molecular formula is C12H12BrNO. The lowest BCUT2D eigenvalue weighted by molar-refractivity contribution is 0.476. The van der Waals surface area contributed by atoms with Crippen LogP contribution in [0.5, 0.6) is 5.75 Å². The lowest BCUT2D eigenvalue weighted by Gasteiger charge is -2.11. The van der Waals surface area contributed by atoms with Gasteiger partial charge in [0.05, 0.1) is 5.52 Å². The van der Waals surface area contributed by atoms with E-state index in [0.717, 1.165) is 15.4 Å². The molecule has 78 valence electrons. The van der Waals surface area contributed by atoms with Gasteiger partial charge in [-0.15, -0.1) is 0 Å². The third-order valence-corrected chi connectivity index (χ3v) is 3.06. The van der Waals surface area contributed by atoms with Crippen LogP contribution < -0.4 is 0 Å². The molecule has 0 aliphatic heterocycles. The van der Waals surface area contributed by atoms with Gasteiger partial charge in [0.1, 0.15) is 5.75 Å². The molecule has 1 N–H and O–H groups in total. The van der Waals surface area contributed by atoms with Crippen molar-refractivity contribution in [2.45, 2.75) is 19.8 Å². The van der Waals surface area contributed by atoms with Crippen LogP contribution in [0.15, 0.2) is 28.9 Å². The molecule has 2 rings (SSSR count). The fraction of sp³-hybridized carbons (Fsp3) is 0.250. The predicted molar refractivity (Wildman–Crippen MR) is 65.2 cm³/mol. The fourth-order valence-electron chi connectivity index (χ4n) is 1.77. The second-order valence-electron chi connectivity index (χ2n) is 3.88. The van der Waals surface area contributed by atoms with Crippen molar-refractivity contribution in [2.75, 3.05) is 0 Å². The maximum absolute atomic E-state index is 9.38. The normalized spacial score (nSPS) is 11.2. The van der Waals surface area contributed by atoms with Crippen molar-refractivity contribution in [2.24, 2.45) is 0 Å². The largest absolute Gasteiger partial charge is 0.508 e. The van der Waals surface area contributed by atoms with Crippen molar-refractivity contribution in [3.05, 3.63) is 34.4 Å². The van der Waals surface area contributed by atoms with Gasteiger partial charge in [-0.1, -0.05) is 13.8 Å². The highest BCUT2D eigenvalue weighted by atomic mass is 79.9. The Morgan fingerprint density at radius 3 is 2.73 bits per heavy atom. The zero-order valence-electron chi connectivity index (χ0n) is 8.66. The third-order valence-electron chi connectivity index (χ3n) is 2.42. The Bertz CT molecular complexity index is 508. The van der Waals surface area contributed by atoms with Gasteiger partial charge in [-0.3, -0.25) is 4.98 Å². The number of benzene rings is 1. The Morgan fingerprint density at radius 2 is 2.07 bits per heavy atom. The van der Waals surface area contributed by atoms with Gasteiger partial charge in [0.15, 0.2) is 0 Å². The number of fused-ring (bicyclic) bond motifs is 1. The standard InChI is InChI=1S/C12H12BrNO/c1-7(2)12-9-4-3-8(15)5-11(9)14-6-10(12)13/h3-7,15H,1-2H3. The zero-order chi connectivity index (χ0) is 11.0. The summed E-state index contributed by atoms with van der Waals surface area (Å²) in [6.45, 7) is 4.29. The summed E-state index contributed by atoms with van der Waals surface area (Å²) in [5.41, 5.74) is 2.07. The minimum Gasteiger partial charge on any atom is -0.508 e. The molecule has 0 spiro atoms.